The maximum atomic E-state index is 9.86. The van der Waals surface area contributed by atoms with Gasteiger partial charge in [0.15, 0.2) is 0 Å². The second-order valence-electron chi connectivity index (χ2n) is 1.84. The molecule has 0 aromatic rings. The van der Waals surface area contributed by atoms with Crippen LogP contribution in [0.2, 0.25) is 0 Å². The van der Waals surface area contributed by atoms with Crippen molar-refractivity contribution < 1.29 is 53.9 Å². The number of aliphatic carboxylic acids is 2. The van der Waals surface area contributed by atoms with Crippen LogP contribution < -0.4 is 15.9 Å². The molecule has 78 valence electrons. The summed E-state index contributed by atoms with van der Waals surface area (Å²) in [6, 6.07) is -1.21. The molecule has 0 fully saturated rings. The molecular formula is C5H7Cu2NO4. The predicted octanol–water partition coefficient (Wildman–Crippen LogP) is -3.41. The molecular weight excluding hydrogens is 265 g/mol. The first-order valence-corrected chi connectivity index (χ1v) is 2.70. The van der Waals surface area contributed by atoms with Crippen LogP contribution in [0, 0.1) is 0 Å². The molecule has 0 amide bonds. The van der Waals surface area contributed by atoms with Crippen LogP contribution in [-0.4, -0.2) is 18.0 Å². The van der Waals surface area contributed by atoms with Gasteiger partial charge in [-0.15, -0.1) is 0 Å². The third-order valence-corrected chi connectivity index (χ3v) is 0.962. The third kappa shape index (κ3) is 9.94. The number of carboxylic acid groups (broad SMARTS) is 2. The molecule has 0 saturated heterocycles. The van der Waals surface area contributed by atoms with Crippen molar-refractivity contribution in [3.8, 4) is 0 Å². The minimum Gasteiger partial charge on any atom is -0.550 e. The van der Waals surface area contributed by atoms with Crippen LogP contribution in [0.25, 0.3) is 0 Å². The molecule has 1 atom stereocenters. The van der Waals surface area contributed by atoms with Gasteiger partial charge in [0.25, 0.3) is 0 Å². The van der Waals surface area contributed by atoms with Gasteiger partial charge in [-0.1, -0.05) is 0 Å². The Morgan fingerprint density at radius 3 is 1.92 bits per heavy atom. The quantitative estimate of drug-likeness (QED) is 0.537. The van der Waals surface area contributed by atoms with Crippen molar-refractivity contribution in [2.75, 3.05) is 0 Å². The molecule has 0 spiro atoms. The molecule has 7 heteroatoms. The fraction of sp³-hybridized carbons (Fsp3) is 0.600. The van der Waals surface area contributed by atoms with E-state index in [1.165, 1.54) is 0 Å². The Kier molecular flexibility index (Phi) is 13.5. The summed E-state index contributed by atoms with van der Waals surface area (Å²) in [6.45, 7) is 0. The van der Waals surface area contributed by atoms with Crippen molar-refractivity contribution in [1.29, 1.82) is 0 Å². The summed E-state index contributed by atoms with van der Waals surface area (Å²) in [5, 5.41) is 19.6. The van der Waals surface area contributed by atoms with Crippen LogP contribution in [-0.2, 0) is 43.7 Å². The van der Waals surface area contributed by atoms with E-state index in [9.17, 15) is 19.8 Å². The van der Waals surface area contributed by atoms with E-state index < -0.39 is 18.0 Å². The van der Waals surface area contributed by atoms with E-state index in [1.54, 1.807) is 0 Å². The van der Waals surface area contributed by atoms with Crippen LogP contribution >= 0.6 is 0 Å². The second kappa shape index (κ2) is 9.03. The van der Waals surface area contributed by atoms with E-state index >= 15 is 0 Å². The van der Waals surface area contributed by atoms with Gasteiger partial charge in [-0.05, 0) is 12.8 Å². The van der Waals surface area contributed by atoms with Crippen molar-refractivity contribution in [1.82, 2.24) is 0 Å². The minimum absolute atomic E-state index is 0. The molecule has 12 heavy (non-hydrogen) atoms. The Hall–Kier alpha value is -0.0610. The first kappa shape index (κ1) is 17.9. The van der Waals surface area contributed by atoms with Crippen molar-refractivity contribution >= 4 is 11.9 Å². The van der Waals surface area contributed by atoms with E-state index in [0.717, 1.165) is 0 Å². The minimum atomic E-state index is -1.44. The molecule has 0 bridgehead atoms. The maximum absolute atomic E-state index is 9.86. The number of carboxylic acids is 2. The molecule has 2 N–H and O–H groups in total. The molecule has 0 aliphatic rings. The Bertz CT molecular complexity index is 152. The number of hydrogen-bond donors (Lipinski definition) is 1. The number of nitrogens with two attached hydrogens (primary N) is 1. The van der Waals surface area contributed by atoms with Gasteiger partial charge in [0.1, 0.15) is 0 Å². The summed E-state index contributed by atoms with van der Waals surface area (Å²) in [6.07, 6.45) is -0.500. The van der Waals surface area contributed by atoms with Crippen molar-refractivity contribution in [3.63, 3.8) is 0 Å². The van der Waals surface area contributed by atoms with Gasteiger partial charge in [0.2, 0.25) is 0 Å². The van der Waals surface area contributed by atoms with E-state index in [-0.39, 0.29) is 47.0 Å². The van der Waals surface area contributed by atoms with Crippen LogP contribution in [0.5, 0.6) is 0 Å². The van der Waals surface area contributed by atoms with Crippen LogP contribution in [0.1, 0.15) is 12.8 Å². The monoisotopic (exact) mass is 271 g/mol. The molecule has 0 rings (SSSR count). The predicted molar refractivity (Wildman–Crippen MR) is 27.2 cm³/mol. The average Bonchev–Trinajstić information content (AvgIpc) is 1.82. The Labute approximate surface area is 90.6 Å². The van der Waals surface area contributed by atoms with Gasteiger partial charge in [-0.3, -0.25) is 0 Å². The average molecular weight is 272 g/mol. The van der Waals surface area contributed by atoms with Gasteiger partial charge in [-0.2, -0.15) is 0 Å². The molecule has 0 aliphatic heterocycles. The number of rotatable bonds is 4. The van der Waals surface area contributed by atoms with Gasteiger partial charge in [0, 0.05) is 12.0 Å². The molecule has 0 saturated carbocycles. The topological polar surface area (TPSA) is 106 Å². The van der Waals surface area contributed by atoms with Gasteiger partial charge in [0.05, 0.1) is 5.97 Å². The molecule has 5 nitrogen and oxygen atoms in total. The van der Waals surface area contributed by atoms with Crippen molar-refractivity contribution in [2.24, 2.45) is 5.73 Å². The van der Waals surface area contributed by atoms with Crippen LogP contribution in [0.15, 0.2) is 0 Å². The van der Waals surface area contributed by atoms with Gasteiger partial charge < -0.3 is 25.5 Å². The van der Waals surface area contributed by atoms with Crippen LogP contribution in [0.3, 0.4) is 0 Å². The summed E-state index contributed by atoms with van der Waals surface area (Å²) >= 11 is 0. The molecule has 0 aromatic heterocycles. The second-order valence-corrected chi connectivity index (χ2v) is 1.84. The molecule has 0 aromatic carbocycles. The molecule has 0 aliphatic carbocycles. The largest absolute Gasteiger partial charge is 1.00 e. The summed E-state index contributed by atoms with van der Waals surface area (Å²) < 4.78 is 0. The fourth-order valence-electron chi connectivity index (χ4n) is 0.391. The van der Waals surface area contributed by atoms with Gasteiger partial charge >= 0.3 is 34.1 Å². The zero-order valence-electron chi connectivity index (χ0n) is 5.80. The zero-order valence-corrected chi connectivity index (χ0v) is 7.69. The van der Waals surface area contributed by atoms with E-state index in [0.29, 0.717) is 0 Å². The first-order chi connectivity index (χ1) is 4.54. The normalized spacial score (nSPS) is 10.4. The molecule has 0 heterocycles. The summed E-state index contributed by atoms with van der Waals surface area (Å²) in [5.74, 6) is -2.75. The van der Waals surface area contributed by atoms with Crippen molar-refractivity contribution in [3.05, 3.63) is 0 Å². The maximum Gasteiger partial charge on any atom is 1.00 e. The number of carbonyl (C=O) groups is 2. The smallest absolute Gasteiger partial charge is 0.550 e. The molecule has 0 radical (unpaired) electrons. The zero-order chi connectivity index (χ0) is 8.15. The van der Waals surface area contributed by atoms with Gasteiger partial charge in [-0.25, -0.2) is 0 Å². The summed E-state index contributed by atoms with van der Waals surface area (Å²) in [4.78, 5) is 19.6. The SMILES string of the molecule is NC(CCC(=O)[O-])C(=O)[O-].[Cu+].[Cu+]. The molecule has 1 unspecified atom stereocenters. The first-order valence-electron chi connectivity index (χ1n) is 2.70. The van der Waals surface area contributed by atoms with Crippen molar-refractivity contribution in [2.45, 2.75) is 18.9 Å². The van der Waals surface area contributed by atoms with E-state index in [2.05, 4.69) is 0 Å². The fourth-order valence-corrected chi connectivity index (χ4v) is 0.391. The number of carbonyl (C=O) groups excluding carboxylic acids is 2. The van der Waals surface area contributed by atoms with E-state index in [1.807, 2.05) is 0 Å². The summed E-state index contributed by atoms with van der Waals surface area (Å²) in [5.41, 5.74) is 4.91. The standard InChI is InChI=1S/C5H9NO4.2Cu/c6-3(5(9)10)1-2-4(7)8;;/h3H,1-2,6H2,(H,7,8)(H,9,10);;/q;2*+1/p-2. The summed E-state index contributed by atoms with van der Waals surface area (Å²) in [7, 11) is 0. The third-order valence-electron chi connectivity index (χ3n) is 0.962. The Morgan fingerprint density at radius 2 is 1.67 bits per heavy atom. The Balaban J connectivity index is -0.000000405. The number of hydrogen-bond acceptors (Lipinski definition) is 5. The van der Waals surface area contributed by atoms with E-state index in [4.69, 9.17) is 5.73 Å². The van der Waals surface area contributed by atoms with Crippen LogP contribution in [0.4, 0.5) is 0 Å². The Morgan fingerprint density at radius 1 is 1.25 bits per heavy atom.